The Bertz CT molecular complexity index is 1030. The maximum absolute atomic E-state index is 12.5. The Morgan fingerprint density at radius 3 is 2.41 bits per heavy atom. The van der Waals surface area contributed by atoms with E-state index in [2.05, 4.69) is 10.3 Å². The zero-order chi connectivity index (χ0) is 18.8. The van der Waals surface area contributed by atoms with E-state index in [1.807, 2.05) is 61.5 Å². The number of nitrogens with one attached hydrogen (secondary N) is 1. The monoisotopic (exact) mass is 354 g/mol. The predicted octanol–water partition coefficient (Wildman–Crippen LogP) is 4.08. The van der Waals surface area contributed by atoms with Gasteiger partial charge in [0.1, 0.15) is 0 Å². The van der Waals surface area contributed by atoms with Gasteiger partial charge in [-0.1, -0.05) is 54.1 Å². The van der Waals surface area contributed by atoms with Crippen molar-refractivity contribution in [2.45, 2.75) is 6.92 Å². The van der Waals surface area contributed by atoms with Crippen LogP contribution in [0.25, 0.3) is 11.1 Å². The number of allylic oxidation sites excluding steroid dienone is 3. The summed E-state index contributed by atoms with van der Waals surface area (Å²) >= 11 is 0. The molecule has 2 aromatic rings. The molecule has 132 valence electrons. The first kappa shape index (κ1) is 16.9. The van der Waals surface area contributed by atoms with Crippen LogP contribution in [0, 0.1) is 5.92 Å². The Morgan fingerprint density at radius 2 is 1.67 bits per heavy atom. The van der Waals surface area contributed by atoms with Crippen molar-refractivity contribution in [2.24, 2.45) is 10.9 Å². The summed E-state index contributed by atoms with van der Waals surface area (Å²) in [6.07, 6.45) is 7.12. The highest BCUT2D eigenvalue weighted by atomic mass is 16.2. The van der Waals surface area contributed by atoms with Crippen LogP contribution in [0.1, 0.15) is 17.3 Å². The van der Waals surface area contributed by atoms with Crippen LogP contribution in [-0.2, 0) is 4.79 Å². The molecular weight excluding hydrogens is 336 g/mol. The number of hydrogen-bond acceptors (Lipinski definition) is 2. The van der Waals surface area contributed by atoms with E-state index in [9.17, 15) is 9.59 Å². The molecule has 2 aromatic carbocycles. The fourth-order valence-corrected chi connectivity index (χ4v) is 3.27. The molecular formula is C23H18N2O2. The van der Waals surface area contributed by atoms with Gasteiger partial charge in [0.05, 0.1) is 5.71 Å². The standard InChI is InChI=1S/C23H18N2O2/c1-15-13-22(26)25-21-14-19(11-12-20(15)21)24-23(27)18-9-7-17(8-10-18)16-5-3-2-4-6-16/h2-14,20H,1H3,(H,25,26). The number of rotatable bonds is 2. The fraction of sp³-hybridized carbons (Fsp3) is 0.0870. The van der Waals surface area contributed by atoms with Crippen LogP contribution in [-0.4, -0.2) is 17.5 Å². The molecule has 27 heavy (non-hydrogen) atoms. The van der Waals surface area contributed by atoms with Crippen LogP contribution in [0.5, 0.6) is 0 Å². The van der Waals surface area contributed by atoms with Crippen LogP contribution in [0.15, 0.2) is 95.2 Å². The second-order valence-corrected chi connectivity index (χ2v) is 6.60. The number of carbonyl (C=O) groups excluding carboxylic acids is 2. The lowest BCUT2D eigenvalue weighted by Crippen LogP contribution is -2.32. The summed E-state index contributed by atoms with van der Waals surface area (Å²) in [4.78, 5) is 28.4. The van der Waals surface area contributed by atoms with Gasteiger partial charge in [-0.05, 0) is 42.3 Å². The van der Waals surface area contributed by atoms with Crippen molar-refractivity contribution >= 4 is 17.5 Å². The maximum atomic E-state index is 12.5. The van der Waals surface area contributed by atoms with Gasteiger partial charge in [-0.2, -0.15) is 0 Å². The third kappa shape index (κ3) is 3.55. The van der Waals surface area contributed by atoms with Gasteiger partial charge in [-0.25, -0.2) is 4.99 Å². The first-order valence-electron chi connectivity index (χ1n) is 8.77. The van der Waals surface area contributed by atoms with Crippen LogP contribution in [0.2, 0.25) is 0 Å². The second kappa shape index (κ2) is 7.00. The summed E-state index contributed by atoms with van der Waals surface area (Å²) in [5, 5.41) is 2.82. The van der Waals surface area contributed by atoms with Crippen molar-refractivity contribution in [3.05, 3.63) is 95.7 Å². The Morgan fingerprint density at radius 1 is 0.963 bits per heavy atom. The van der Waals surface area contributed by atoms with Crippen molar-refractivity contribution in [3.8, 4) is 11.1 Å². The number of hydrogen-bond donors (Lipinski definition) is 1. The molecule has 0 spiro atoms. The van der Waals surface area contributed by atoms with E-state index in [1.165, 1.54) is 0 Å². The van der Waals surface area contributed by atoms with E-state index >= 15 is 0 Å². The first-order chi connectivity index (χ1) is 13.1. The number of carbonyl (C=O) groups is 2. The van der Waals surface area contributed by atoms with E-state index in [0.29, 0.717) is 11.3 Å². The van der Waals surface area contributed by atoms with Crippen molar-refractivity contribution < 1.29 is 9.59 Å². The van der Waals surface area contributed by atoms with E-state index in [-0.39, 0.29) is 17.7 Å². The third-order valence-corrected chi connectivity index (χ3v) is 4.68. The molecule has 4 nitrogen and oxygen atoms in total. The highest BCUT2D eigenvalue weighted by Crippen LogP contribution is 2.26. The lowest BCUT2D eigenvalue weighted by Gasteiger charge is -2.25. The number of aliphatic imine (C=N–C) groups is 1. The number of fused-ring (bicyclic) bond motifs is 1. The predicted molar refractivity (Wildman–Crippen MR) is 106 cm³/mol. The molecule has 2 amide bonds. The first-order valence-corrected chi connectivity index (χ1v) is 8.77. The molecule has 4 rings (SSSR count). The second-order valence-electron chi connectivity index (χ2n) is 6.60. The van der Waals surface area contributed by atoms with Gasteiger partial charge in [0.15, 0.2) is 0 Å². The van der Waals surface area contributed by atoms with Crippen LogP contribution in [0.3, 0.4) is 0 Å². The molecule has 0 aromatic heterocycles. The minimum Gasteiger partial charge on any atom is -0.325 e. The smallest absolute Gasteiger partial charge is 0.277 e. The van der Waals surface area contributed by atoms with Gasteiger partial charge in [0.25, 0.3) is 5.91 Å². The average Bonchev–Trinajstić information content (AvgIpc) is 2.68. The quantitative estimate of drug-likeness (QED) is 0.883. The Balaban J connectivity index is 1.55. The zero-order valence-electron chi connectivity index (χ0n) is 14.8. The highest BCUT2D eigenvalue weighted by Gasteiger charge is 2.23. The summed E-state index contributed by atoms with van der Waals surface area (Å²) in [5.74, 6) is -0.409. The van der Waals surface area contributed by atoms with Crippen LogP contribution in [0.4, 0.5) is 0 Å². The maximum Gasteiger partial charge on any atom is 0.277 e. The van der Waals surface area contributed by atoms with Crippen molar-refractivity contribution in [1.29, 1.82) is 0 Å². The molecule has 0 fully saturated rings. The zero-order valence-corrected chi connectivity index (χ0v) is 14.8. The Hall–Kier alpha value is -3.53. The van der Waals surface area contributed by atoms with E-state index in [4.69, 9.17) is 0 Å². The normalized spacial score (nSPS) is 19.8. The molecule has 1 heterocycles. The molecule has 1 atom stereocenters. The lowest BCUT2D eigenvalue weighted by atomic mass is 9.89. The highest BCUT2D eigenvalue weighted by molar-refractivity contribution is 6.14. The van der Waals surface area contributed by atoms with Crippen molar-refractivity contribution in [3.63, 3.8) is 0 Å². The number of nitrogens with zero attached hydrogens (tertiary/aromatic N) is 1. The molecule has 0 saturated carbocycles. The largest absolute Gasteiger partial charge is 0.325 e. The minimum atomic E-state index is -0.307. The van der Waals surface area contributed by atoms with Gasteiger partial charge in [0.2, 0.25) is 5.91 Å². The van der Waals surface area contributed by atoms with Crippen molar-refractivity contribution in [1.82, 2.24) is 5.32 Å². The molecule has 1 aliphatic heterocycles. The Kier molecular flexibility index (Phi) is 4.38. The summed E-state index contributed by atoms with van der Waals surface area (Å²) in [7, 11) is 0. The molecule has 0 bridgehead atoms. The molecule has 1 unspecified atom stereocenters. The molecule has 0 saturated heterocycles. The molecule has 2 aliphatic rings. The molecule has 0 radical (unpaired) electrons. The van der Waals surface area contributed by atoms with Crippen LogP contribution >= 0.6 is 0 Å². The number of benzene rings is 2. The average molecular weight is 354 g/mol. The minimum absolute atomic E-state index is 0.0434. The fourth-order valence-electron chi connectivity index (χ4n) is 3.27. The van der Waals surface area contributed by atoms with Gasteiger partial charge >= 0.3 is 0 Å². The summed E-state index contributed by atoms with van der Waals surface area (Å²) in [5.41, 5.74) is 4.95. The molecule has 1 N–H and O–H groups in total. The molecule has 1 aliphatic carbocycles. The van der Waals surface area contributed by atoms with E-state index in [1.54, 1.807) is 24.3 Å². The van der Waals surface area contributed by atoms with Crippen LogP contribution < -0.4 is 5.32 Å². The Labute approximate surface area is 157 Å². The summed E-state index contributed by atoms with van der Waals surface area (Å²) in [6, 6.07) is 17.4. The topological polar surface area (TPSA) is 58.5 Å². The van der Waals surface area contributed by atoms with Gasteiger partial charge < -0.3 is 5.32 Å². The summed E-state index contributed by atoms with van der Waals surface area (Å²) < 4.78 is 0. The lowest BCUT2D eigenvalue weighted by molar-refractivity contribution is -0.116. The van der Waals surface area contributed by atoms with E-state index < -0.39 is 0 Å². The van der Waals surface area contributed by atoms with Gasteiger partial charge in [0, 0.05) is 23.3 Å². The SMILES string of the molecule is CC1=CC(=O)NC2=CC(=NC(=O)c3ccc(-c4ccccc4)cc3)C=CC12. The molecule has 4 heteroatoms. The number of amides is 2. The summed E-state index contributed by atoms with van der Waals surface area (Å²) in [6.45, 7) is 1.92. The van der Waals surface area contributed by atoms with Gasteiger partial charge in [-0.15, -0.1) is 0 Å². The van der Waals surface area contributed by atoms with E-state index in [0.717, 1.165) is 22.4 Å². The van der Waals surface area contributed by atoms with Gasteiger partial charge in [-0.3, -0.25) is 9.59 Å². The van der Waals surface area contributed by atoms with Crippen molar-refractivity contribution in [2.75, 3.05) is 0 Å². The third-order valence-electron chi connectivity index (χ3n) is 4.68.